The van der Waals surface area contributed by atoms with Gasteiger partial charge in [0.25, 0.3) is 0 Å². The Morgan fingerprint density at radius 1 is 1.25 bits per heavy atom. The van der Waals surface area contributed by atoms with E-state index in [-0.39, 0.29) is 0 Å². The van der Waals surface area contributed by atoms with Crippen LogP contribution in [0.25, 0.3) is 11.3 Å². The molecule has 1 heterocycles. The van der Waals surface area contributed by atoms with Gasteiger partial charge in [-0.2, -0.15) is 0 Å². The number of nitrogen functional groups attached to an aromatic ring is 1. The molecule has 0 spiro atoms. The van der Waals surface area contributed by atoms with Crippen molar-refractivity contribution in [2.24, 2.45) is 0 Å². The highest BCUT2D eigenvalue weighted by Crippen LogP contribution is 2.40. The van der Waals surface area contributed by atoms with Gasteiger partial charge in [0.1, 0.15) is 10.7 Å². The molecule has 1 aliphatic rings. The van der Waals surface area contributed by atoms with Crippen molar-refractivity contribution in [3.05, 3.63) is 33.8 Å². The SMILES string of the molecule is Cc1ccc(-c2nc(C3CCCCC3)sc2N)cc1Cl. The fourth-order valence-corrected chi connectivity index (χ4v) is 4.03. The van der Waals surface area contributed by atoms with Gasteiger partial charge in [-0.25, -0.2) is 4.98 Å². The average Bonchev–Trinajstić information content (AvgIpc) is 2.85. The van der Waals surface area contributed by atoms with Crippen molar-refractivity contribution in [2.75, 3.05) is 5.73 Å². The molecule has 0 radical (unpaired) electrons. The average molecular weight is 307 g/mol. The standard InChI is InChI=1S/C16H19ClN2S/c1-10-7-8-12(9-13(10)17)14-15(18)20-16(19-14)11-5-3-2-4-6-11/h7-9,11H,2-6,18H2,1H3. The van der Waals surface area contributed by atoms with Crippen molar-refractivity contribution in [3.63, 3.8) is 0 Å². The van der Waals surface area contributed by atoms with Crippen molar-refractivity contribution in [3.8, 4) is 11.3 Å². The van der Waals surface area contributed by atoms with Crippen LogP contribution in [0.3, 0.4) is 0 Å². The third kappa shape index (κ3) is 2.70. The number of hydrogen-bond acceptors (Lipinski definition) is 3. The first-order valence-corrected chi connectivity index (χ1v) is 8.37. The van der Waals surface area contributed by atoms with Crippen molar-refractivity contribution < 1.29 is 0 Å². The molecule has 0 bridgehead atoms. The molecule has 2 N–H and O–H groups in total. The number of nitrogens with zero attached hydrogens (tertiary/aromatic N) is 1. The molecule has 0 atom stereocenters. The van der Waals surface area contributed by atoms with Crippen molar-refractivity contribution in [2.45, 2.75) is 44.9 Å². The number of rotatable bonds is 2. The Labute approximate surface area is 129 Å². The zero-order valence-electron chi connectivity index (χ0n) is 11.7. The smallest absolute Gasteiger partial charge is 0.114 e. The highest BCUT2D eigenvalue weighted by molar-refractivity contribution is 7.16. The summed E-state index contributed by atoms with van der Waals surface area (Å²) in [5.41, 5.74) is 9.19. The first kappa shape index (κ1) is 13.9. The van der Waals surface area contributed by atoms with Crippen LogP contribution in [0.2, 0.25) is 5.02 Å². The molecule has 0 saturated heterocycles. The lowest BCUT2D eigenvalue weighted by Crippen LogP contribution is -2.03. The largest absolute Gasteiger partial charge is 0.389 e. The van der Waals surface area contributed by atoms with Gasteiger partial charge in [-0.05, 0) is 31.4 Å². The Morgan fingerprint density at radius 2 is 2.00 bits per heavy atom. The van der Waals surface area contributed by atoms with E-state index in [0.29, 0.717) is 5.92 Å². The number of hydrogen-bond donors (Lipinski definition) is 1. The van der Waals surface area contributed by atoms with E-state index in [1.807, 2.05) is 19.1 Å². The van der Waals surface area contributed by atoms with E-state index in [0.717, 1.165) is 26.8 Å². The van der Waals surface area contributed by atoms with Crippen molar-refractivity contribution in [1.29, 1.82) is 0 Å². The van der Waals surface area contributed by atoms with Crippen LogP contribution < -0.4 is 5.73 Å². The minimum atomic E-state index is 0.603. The zero-order chi connectivity index (χ0) is 14.1. The second-order valence-electron chi connectivity index (χ2n) is 5.56. The second-order valence-corrected chi connectivity index (χ2v) is 7.03. The first-order valence-electron chi connectivity index (χ1n) is 7.18. The topological polar surface area (TPSA) is 38.9 Å². The minimum Gasteiger partial charge on any atom is -0.389 e. The van der Waals surface area contributed by atoms with E-state index in [9.17, 15) is 0 Å². The summed E-state index contributed by atoms with van der Waals surface area (Å²) in [4.78, 5) is 4.81. The van der Waals surface area contributed by atoms with Gasteiger partial charge in [-0.3, -0.25) is 0 Å². The Morgan fingerprint density at radius 3 is 2.70 bits per heavy atom. The maximum absolute atomic E-state index is 6.21. The predicted molar refractivity (Wildman–Crippen MR) is 87.5 cm³/mol. The van der Waals surface area contributed by atoms with E-state index >= 15 is 0 Å². The van der Waals surface area contributed by atoms with Crippen LogP contribution in [0.1, 0.15) is 48.6 Å². The van der Waals surface area contributed by atoms with Crippen LogP contribution in [0.4, 0.5) is 5.00 Å². The Balaban J connectivity index is 1.93. The molecule has 0 amide bonds. The normalized spacial score (nSPS) is 16.5. The minimum absolute atomic E-state index is 0.603. The summed E-state index contributed by atoms with van der Waals surface area (Å²) in [7, 11) is 0. The van der Waals surface area contributed by atoms with Gasteiger partial charge in [0.15, 0.2) is 0 Å². The number of nitrogens with two attached hydrogens (primary N) is 1. The van der Waals surface area contributed by atoms with E-state index < -0.39 is 0 Å². The number of aromatic nitrogens is 1. The van der Waals surface area contributed by atoms with E-state index in [2.05, 4.69) is 6.07 Å². The molecule has 4 heteroatoms. The summed E-state index contributed by atoms with van der Waals surface area (Å²) in [6, 6.07) is 6.04. The number of benzene rings is 1. The van der Waals surface area contributed by atoms with Gasteiger partial charge < -0.3 is 5.73 Å². The fraction of sp³-hybridized carbons (Fsp3) is 0.438. The third-order valence-corrected chi connectivity index (χ3v) is 5.52. The summed E-state index contributed by atoms with van der Waals surface area (Å²) in [5, 5.41) is 2.79. The maximum Gasteiger partial charge on any atom is 0.114 e. The molecule has 1 aromatic heterocycles. The van der Waals surface area contributed by atoms with E-state index in [1.54, 1.807) is 11.3 Å². The lowest BCUT2D eigenvalue weighted by Gasteiger charge is -2.18. The van der Waals surface area contributed by atoms with Gasteiger partial charge in [-0.15, -0.1) is 11.3 Å². The van der Waals surface area contributed by atoms with Gasteiger partial charge in [0.2, 0.25) is 0 Å². The number of aryl methyl sites for hydroxylation is 1. The quantitative estimate of drug-likeness (QED) is 0.806. The van der Waals surface area contributed by atoms with Crippen LogP contribution in [-0.2, 0) is 0 Å². The highest BCUT2D eigenvalue weighted by atomic mass is 35.5. The molecular weight excluding hydrogens is 288 g/mol. The maximum atomic E-state index is 6.21. The monoisotopic (exact) mass is 306 g/mol. The summed E-state index contributed by atoms with van der Waals surface area (Å²) in [5.74, 6) is 0.603. The molecule has 3 rings (SSSR count). The zero-order valence-corrected chi connectivity index (χ0v) is 13.2. The second kappa shape index (κ2) is 5.74. The van der Waals surface area contributed by atoms with Crippen LogP contribution in [0.15, 0.2) is 18.2 Å². The van der Waals surface area contributed by atoms with Gasteiger partial charge >= 0.3 is 0 Å². The Bertz CT molecular complexity index is 615. The fourth-order valence-electron chi connectivity index (χ4n) is 2.82. The molecule has 2 aromatic rings. The highest BCUT2D eigenvalue weighted by Gasteiger charge is 2.21. The summed E-state index contributed by atoms with van der Waals surface area (Å²) >= 11 is 7.86. The van der Waals surface area contributed by atoms with Crippen molar-refractivity contribution in [1.82, 2.24) is 4.98 Å². The van der Waals surface area contributed by atoms with Crippen LogP contribution in [0, 0.1) is 6.92 Å². The Hall–Kier alpha value is -1.06. The number of thiazole rings is 1. The molecule has 0 aliphatic heterocycles. The number of anilines is 1. The molecule has 106 valence electrons. The molecular formula is C16H19ClN2S. The third-order valence-electron chi connectivity index (χ3n) is 4.07. The van der Waals surface area contributed by atoms with Crippen LogP contribution in [0.5, 0.6) is 0 Å². The first-order chi connectivity index (χ1) is 9.65. The summed E-state index contributed by atoms with van der Waals surface area (Å²) in [6.45, 7) is 2.00. The van der Waals surface area contributed by atoms with Gasteiger partial charge in [0.05, 0.1) is 5.01 Å². The lowest BCUT2D eigenvalue weighted by atomic mass is 9.90. The molecule has 20 heavy (non-hydrogen) atoms. The molecule has 1 saturated carbocycles. The van der Waals surface area contributed by atoms with E-state index in [1.165, 1.54) is 37.1 Å². The molecule has 1 aliphatic carbocycles. The molecule has 2 nitrogen and oxygen atoms in total. The van der Waals surface area contributed by atoms with E-state index in [4.69, 9.17) is 22.3 Å². The summed E-state index contributed by atoms with van der Waals surface area (Å²) in [6.07, 6.45) is 6.49. The van der Waals surface area contributed by atoms with Crippen LogP contribution in [-0.4, -0.2) is 4.98 Å². The molecule has 0 unspecified atom stereocenters. The summed E-state index contributed by atoms with van der Waals surface area (Å²) < 4.78 is 0. The molecule has 1 aromatic carbocycles. The van der Waals surface area contributed by atoms with Gasteiger partial charge in [0, 0.05) is 16.5 Å². The lowest BCUT2D eigenvalue weighted by molar-refractivity contribution is 0.442. The number of halogens is 1. The van der Waals surface area contributed by atoms with Crippen molar-refractivity contribution >= 4 is 27.9 Å². The predicted octanol–water partition coefficient (Wildman–Crippen LogP) is 5.40. The van der Waals surface area contributed by atoms with Crippen LogP contribution >= 0.6 is 22.9 Å². The Kier molecular flexibility index (Phi) is 3.99. The molecule has 1 fully saturated rings. The van der Waals surface area contributed by atoms with Gasteiger partial charge in [-0.1, -0.05) is 43.0 Å².